The third-order valence-corrected chi connectivity index (χ3v) is 4.67. The smallest absolute Gasteiger partial charge is 0.0897 e. The molecule has 108 valence electrons. The molecule has 2 nitrogen and oxygen atoms in total. The van der Waals surface area contributed by atoms with Gasteiger partial charge >= 0.3 is 0 Å². The van der Waals surface area contributed by atoms with Gasteiger partial charge < -0.3 is 5.32 Å². The second kappa shape index (κ2) is 6.74. The molecule has 0 fully saturated rings. The average molecular weight is 306 g/mol. The van der Waals surface area contributed by atoms with Crippen LogP contribution in [0.4, 0.5) is 0 Å². The Morgan fingerprint density at radius 1 is 1.20 bits per heavy atom. The highest BCUT2D eigenvalue weighted by Gasteiger charge is 2.08. The first-order valence-corrected chi connectivity index (χ1v) is 8.67. The zero-order valence-corrected chi connectivity index (χ0v) is 14.2. The molecule has 1 aromatic heterocycles. The van der Waals surface area contributed by atoms with Crippen LogP contribution in [0.5, 0.6) is 0 Å². The summed E-state index contributed by atoms with van der Waals surface area (Å²) < 4.78 is 0. The lowest BCUT2D eigenvalue weighted by atomic mass is 10.1. The van der Waals surface area contributed by atoms with Crippen LogP contribution in [0.2, 0.25) is 0 Å². The lowest BCUT2D eigenvalue weighted by molar-refractivity contribution is 0.424. The van der Waals surface area contributed by atoms with Crippen molar-refractivity contribution in [2.45, 2.75) is 50.4 Å². The fraction of sp³-hybridized carbons (Fsp3) is 0.438. The minimum atomic E-state index is 0.163. The number of aryl methyl sites for hydroxylation is 1. The monoisotopic (exact) mass is 306 g/mol. The van der Waals surface area contributed by atoms with Gasteiger partial charge in [0.15, 0.2) is 0 Å². The summed E-state index contributed by atoms with van der Waals surface area (Å²) in [5, 5.41) is 6.79. The van der Waals surface area contributed by atoms with Crippen molar-refractivity contribution < 1.29 is 0 Å². The summed E-state index contributed by atoms with van der Waals surface area (Å²) in [6, 6.07) is 8.80. The van der Waals surface area contributed by atoms with Gasteiger partial charge in [0.1, 0.15) is 0 Å². The molecule has 1 heterocycles. The van der Waals surface area contributed by atoms with E-state index >= 15 is 0 Å². The number of hydrogen-bond donors (Lipinski definition) is 1. The van der Waals surface area contributed by atoms with Gasteiger partial charge in [-0.2, -0.15) is 0 Å². The Morgan fingerprint density at radius 3 is 2.45 bits per heavy atom. The standard InChI is InChI=1S/C16H22N2S2/c1-12-18-14(10-19-12)11-20-15-7-5-13(6-8-15)9-17-16(2,3)4/h5-8,10,17H,9,11H2,1-4H3. The predicted octanol–water partition coefficient (Wildman–Crippen LogP) is 4.63. The summed E-state index contributed by atoms with van der Waals surface area (Å²) in [6.07, 6.45) is 0. The summed E-state index contributed by atoms with van der Waals surface area (Å²) in [5.41, 5.74) is 2.67. The highest BCUT2D eigenvalue weighted by atomic mass is 32.2. The number of hydrogen-bond acceptors (Lipinski definition) is 4. The number of thioether (sulfide) groups is 1. The highest BCUT2D eigenvalue weighted by Crippen LogP contribution is 2.23. The van der Waals surface area contributed by atoms with Gasteiger partial charge in [0, 0.05) is 28.1 Å². The first kappa shape index (κ1) is 15.5. The summed E-state index contributed by atoms with van der Waals surface area (Å²) in [4.78, 5) is 5.79. The van der Waals surface area contributed by atoms with Gasteiger partial charge in [-0.3, -0.25) is 0 Å². The van der Waals surface area contributed by atoms with E-state index in [-0.39, 0.29) is 5.54 Å². The largest absolute Gasteiger partial charge is 0.308 e. The number of nitrogens with one attached hydrogen (secondary N) is 1. The Hall–Kier alpha value is -0.840. The van der Waals surface area contributed by atoms with E-state index < -0.39 is 0 Å². The van der Waals surface area contributed by atoms with E-state index in [0.29, 0.717) is 0 Å². The van der Waals surface area contributed by atoms with Gasteiger partial charge in [-0.25, -0.2) is 4.98 Å². The van der Waals surface area contributed by atoms with Crippen LogP contribution in [0.25, 0.3) is 0 Å². The van der Waals surface area contributed by atoms with Crippen molar-refractivity contribution in [2.75, 3.05) is 0 Å². The molecule has 0 aliphatic rings. The summed E-state index contributed by atoms with van der Waals surface area (Å²) >= 11 is 3.56. The van der Waals surface area contributed by atoms with Gasteiger partial charge in [0.25, 0.3) is 0 Å². The van der Waals surface area contributed by atoms with Crippen LogP contribution in [0.1, 0.15) is 37.0 Å². The highest BCUT2D eigenvalue weighted by molar-refractivity contribution is 7.98. The third kappa shape index (κ3) is 5.27. The molecule has 0 bridgehead atoms. The lowest BCUT2D eigenvalue weighted by Crippen LogP contribution is -2.35. The second-order valence-corrected chi connectivity index (χ2v) is 8.01. The minimum Gasteiger partial charge on any atom is -0.308 e. The topological polar surface area (TPSA) is 24.9 Å². The first-order chi connectivity index (χ1) is 9.42. The molecular weight excluding hydrogens is 284 g/mol. The molecule has 2 aromatic rings. The van der Waals surface area contributed by atoms with Crippen molar-refractivity contribution in [2.24, 2.45) is 0 Å². The molecule has 0 amide bonds. The summed E-state index contributed by atoms with van der Waals surface area (Å²) in [6.45, 7) is 9.53. The minimum absolute atomic E-state index is 0.163. The molecular formula is C16H22N2S2. The van der Waals surface area contributed by atoms with E-state index in [2.05, 4.69) is 67.6 Å². The molecule has 0 spiro atoms. The van der Waals surface area contributed by atoms with Crippen molar-refractivity contribution in [1.29, 1.82) is 0 Å². The molecule has 0 atom stereocenters. The van der Waals surface area contributed by atoms with Crippen molar-refractivity contribution in [3.05, 3.63) is 45.9 Å². The number of thiazole rings is 1. The van der Waals surface area contributed by atoms with Crippen LogP contribution in [0.3, 0.4) is 0 Å². The van der Waals surface area contributed by atoms with Crippen molar-refractivity contribution in [3.8, 4) is 0 Å². The maximum Gasteiger partial charge on any atom is 0.0897 e. The number of rotatable bonds is 5. The first-order valence-electron chi connectivity index (χ1n) is 6.80. The van der Waals surface area contributed by atoms with E-state index in [1.807, 2.05) is 11.8 Å². The summed E-state index contributed by atoms with van der Waals surface area (Å²) in [5.74, 6) is 0.948. The van der Waals surface area contributed by atoms with E-state index in [9.17, 15) is 0 Å². The fourth-order valence-electron chi connectivity index (χ4n) is 1.70. The van der Waals surface area contributed by atoms with Crippen molar-refractivity contribution >= 4 is 23.1 Å². The van der Waals surface area contributed by atoms with Gasteiger partial charge in [-0.05, 0) is 45.4 Å². The van der Waals surface area contributed by atoms with E-state index in [1.54, 1.807) is 11.3 Å². The lowest BCUT2D eigenvalue weighted by Gasteiger charge is -2.20. The molecule has 1 aromatic carbocycles. The van der Waals surface area contributed by atoms with E-state index in [1.165, 1.54) is 16.2 Å². The van der Waals surface area contributed by atoms with Gasteiger partial charge in [-0.15, -0.1) is 23.1 Å². The van der Waals surface area contributed by atoms with Crippen LogP contribution in [-0.4, -0.2) is 10.5 Å². The van der Waals surface area contributed by atoms with Crippen molar-refractivity contribution in [1.82, 2.24) is 10.3 Å². The van der Waals surface area contributed by atoms with Crippen LogP contribution in [0, 0.1) is 6.92 Å². The average Bonchev–Trinajstić information content (AvgIpc) is 2.80. The SMILES string of the molecule is Cc1nc(CSc2ccc(CNC(C)(C)C)cc2)cs1. The Bertz CT molecular complexity index is 538. The van der Waals surface area contributed by atoms with Gasteiger partial charge in [-0.1, -0.05) is 12.1 Å². The Labute approximate surface area is 130 Å². The molecule has 0 radical (unpaired) electrons. The molecule has 4 heteroatoms. The molecule has 0 saturated heterocycles. The Kier molecular flexibility index (Phi) is 5.24. The van der Waals surface area contributed by atoms with E-state index in [0.717, 1.165) is 17.3 Å². The number of nitrogens with zero attached hydrogens (tertiary/aromatic N) is 1. The quantitative estimate of drug-likeness (QED) is 0.815. The molecule has 2 rings (SSSR count). The zero-order chi connectivity index (χ0) is 14.6. The molecule has 20 heavy (non-hydrogen) atoms. The van der Waals surface area contributed by atoms with Crippen molar-refractivity contribution in [3.63, 3.8) is 0 Å². The van der Waals surface area contributed by atoms with Crippen LogP contribution in [-0.2, 0) is 12.3 Å². The van der Waals surface area contributed by atoms with Gasteiger partial charge in [0.2, 0.25) is 0 Å². The normalized spacial score (nSPS) is 11.8. The molecule has 0 aliphatic carbocycles. The fourth-order valence-corrected chi connectivity index (χ4v) is 3.21. The predicted molar refractivity (Wildman–Crippen MR) is 89.4 cm³/mol. The van der Waals surface area contributed by atoms with E-state index in [4.69, 9.17) is 0 Å². The molecule has 0 saturated carbocycles. The van der Waals surface area contributed by atoms with Crippen LogP contribution >= 0.6 is 23.1 Å². The maximum absolute atomic E-state index is 4.49. The molecule has 0 unspecified atom stereocenters. The second-order valence-electron chi connectivity index (χ2n) is 5.89. The molecule has 0 aliphatic heterocycles. The maximum atomic E-state index is 4.49. The third-order valence-electron chi connectivity index (χ3n) is 2.80. The number of benzene rings is 1. The molecule has 1 N–H and O–H groups in total. The van der Waals surface area contributed by atoms with Crippen LogP contribution in [0.15, 0.2) is 34.5 Å². The Morgan fingerprint density at radius 2 is 1.90 bits per heavy atom. The zero-order valence-electron chi connectivity index (χ0n) is 12.6. The van der Waals surface area contributed by atoms with Gasteiger partial charge in [0.05, 0.1) is 10.7 Å². The summed E-state index contributed by atoms with van der Waals surface area (Å²) in [7, 11) is 0. The number of aromatic nitrogens is 1. The Balaban J connectivity index is 1.85. The van der Waals surface area contributed by atoms with Crippen LogP contribution < -0.4 is 5.32 Å².